The molecular formula is C21H17Cl2N3O2S. The van der Waals surface area contributed by atoms with Gasteiger partial charge in [-0.1, -0.05) is 34.5 Å². The van der Waals surface area contributed by atoms with Gasteiger partial charge in [0.1, 0.15) is 6.04 Å². The highest BCUT2D eigenvalue weighted by Gasteiger charge is 2.36. The third-order valence-electron chi connectivity index (χ3n) is 5.20. The smallest absolute Gasteiger partial charge is 0.329 e. The normalized spacial score (nSPS) is 16.4. The molecule has 1 unspecified atom stereocenters. The van der Waals surface area contributed by atoms with E-state index in [0.717, 1.165) is 37.5 Å². The van der Waals surface area contributed by atoms with Crippen molar-refractivity contribution in [2.24, 2.45) is 0 Å². The molecule has 4 aromatic rings. The molecule has 0 spiro atoms. The van der Waals surface area contributed by atoms with E-state index in [-0.39, 0.29) is 5.97 Å². The molecule has 0 bridgehead atoms. The van der Waals surface area contributed by atoms with Gasteiger partial charge < -0.3 is 14.6 Å². The first kappa shape index (κ1) is 18.7. The van der Waals surface area contributed by atoms with E-state index >= 15 is 0 Å². The summed E-state index contributed by atoms with van der Waals surface area (Å²) in [7, 11) is 0. The lowest BCUT2D eigenvalue weighted by atomic mass is 9.97. The summed E-state index contributed by atoms with van der Waals surface area (Å²) in [5, 5.41) is 3.18. The third kappa shape index (κ3) is 3.25. The number of esters is 1. The number of aromatic nitrogens is 2. The summed E-state index contributed by atoms with van der Waals surface area (Å²) in [6.45, 7) is 2.70. The van der Waals surface area contributed by atoms with Crippen LogP contribution in [0.5, 0.6) is 0 Å². The number of carbonyl (C=O) groups excluding carboxylic acids is 1. The Kier molecular flexibility index (Phi) is 4.65. The van der Waals surface area contributed by atoms with Crippen molar-refractivity contribution in [1.29, 1.82) is 0 Å². The lowest BCUT2D eigenvalue weighted by Crippen LogP contribution is -2.46. The van der Waals surface area contributed by atoms with Crippen LogP contribution in [-0.2, 0) is 22.5 Å². The highest BCUT2D eigenvalue weighted by Crippen LogP contribution is 2.38. The first-order valence-corrected chi connectivity index (χ1v) is 10.9. The molecule has 1 aliphatic heterocycles. The number of rotatable bonds is 3. The first-order valence-electron chi connectivity index (χ1n) is 9.32. The molecule has 3 heterocycles. The number of nitrogens with one attached hydrogen (secondary N) is 1. The van der Waals surface area contributed by atoms with Crippen LogP contribution in [0.25, 0.3) is 21.1 Å². The van der Waals surface area contributed by atoms with Crippen molar-refractivity contribution in [2.75, 3.05) is 11.5 Å². The van der Waals surface area contributed by atoms with Gasteiger partial charge in [0.15, 0.2) is 5.13 Å². The predicted octanol–water partition coefficient (Wildman–Crippen LogP) is 5.58. The molecule has 2 aromatic carbocycles. The highest BCUT2D eigenvalue weighted by atomic mass is 35.5. The number of benzene rings is 2. The molecule has 5 rings (SSSR count). The van der Waals surface area contributed by atoms with Crippen molar-refractivity contribution in [3.05, 3.63) is 57.7 Å². The molecule has 5 nitrogen and oxygen atoms in total. The van der Waals surface area contributed by atoms with Crippen LogP contribution in [0.4, 0.5) is 5.13 Å². The largest absolute Gasteiger partial charge is 0.464 e. The van der Waals surface area contributed by atoms with Crippen molar-refractivity contribution in [3.63, 3.8) is 0 Å². The van der Waals surface area contributed by atoms with Crippen molar-refractivity contribution in [2.45, 2.75) is 25.9 Å². The predicted molar refractivity (Wildman–Crippen MR) is 118 cm³/mol. The number of carbonyl (C=O) groups is 1. The zero-order valence-electron chi connectivity index (χ0n) is 15.5. The Morgan fingerprint density at radius 2 is 2.07 bits per heavy atom. The molecule has 1 atom stereocenters. The lowest BCUT2D eigenvalue weighted by Gasteiger charge is -2.33. The van der Waals surface area contributed by atoms with Crippen LogP contribution in [0.15, 0.2) is 36.4 Å². The maximum Gasteiger partial charge on any atom is 0.329 e. The second-order valence-corrected chi connectivity index (χ2v) is 8.86. The summed E-state index contributed by atoms with van der Waals surface area (Å²) in [6.07, 6.45) is 0.533. The van der Waals surface area contributed by atoms with Gasteiger partial charge in [0, 0.05) is 33.1 Å². The molecule has 1 N–H and O–H groups in total. The van der Waals surface area contributed by atoms with Gasteiger partial charge in [-0.15, -0.1) is 0 Å². The summed E-state index contributed by atoms with van der Waals surface area (Å²) in [4.78, 5) is 23.1. The second-order valence-electron chi connectivity index (χ2n) is 6.98. The van der Waals surface area contributed by atoms with Crippen LogP contribution in [0, 0.1) is 0 Å². The van der Waals surface area contributed by atoms with Crippen LogP contribution >= 0.6 is 34.5 Å². The van der Waals surface area contributed by atoms with Crippen LogP contribution in [-0.4, -0.2) is 28.6 Å². The maximum absolute atomic E-state index is 12.8. The average molecular weight is 446 g/mol. The Morgan fingerprint density at radius 1 is 1.28 bits per heavy atom. The molecule has 0 aliphatic carbocycles. The Hall–Kier alpha value is -2.28. The van der Waals surface area contributed by atoms with Gasteiger partial charge >= 0.3 is 5.97 Å². The summed E-state index contributed by atoms with van der Waals surface area (Å²) < 4.78 is 6.38. The van der Waals surface area contributed by atoms with Crippen molar-refractivity contribution >= 4 is 66.8 Å². The second kappa shape index (κ2) is 7.20. The molecule has 29 heavy (non-hydrogen) atoms. The summed E-state index contributed by atoms with van der Waals surface area (Å²) >= 11 is 13.9. The summed E-state index contributed by atoms with van der Waals surface area (Å²) in [5.74, 6) is -0.244. The van der Waals surface area contributed by atoms with Gasteiger partial charge in [-0.3, -0.25) is 0 Å². The van der Waals surface area contributed by atoms with Crippen LogP contribution in [0.1, 0.15) is 18.2 Å². The van der Waals surface area contributed by atoms with E-state index in [2.05, 4.69) is 4.98 Å². The molecule has 0 saturated carbocycles. The Morgan fingerprint density at radius 3 is 2.90 bits per heavy atom. The molecule has 148 valence electrons. The minimum Gasteiger partial charge on any atom is -0.464 e. The monoisotopic (exact) mass is 445 g/mol. The third-order valence-corrected chi connectivity index (χ3v) is 6.73. The molecule has 0 amide bonds. The molecule has 0 saturated heterocycles. The van der Waals surface area contributed by atoms with Gasteiger partial charge in [0.05, 0.1) is 23.4 Å². The van der Waals surface area contributed by atoms with E-state index in [1.165, 1.54) is 11.3 Å². The van der Waals surface area contributed by atoms with Crippen LogP contribution in [0.3, 0.4) is 0 Å². The van der Waals surface area contributed by atoms with E-state index in [4.69, 9.17) is 32.9 Å². The number of thiazole rings is 1. The van der Waals surface area contributed by atoms with Crippen molar-refractivity contribution in [3.8, 4) is 0 Å². The molecule has 0 fully saturated rings. The van der Waals surface area contributed by atoms with E-state index in [9.17, 15) is 4.79 Å². The maximum atomic E-state index is 12.8. The number of ether oxygens (including phenoxy) is 1. The molecule has 1 aliphatic rings. The van der Waals surface area contributed by atoms with Gasteiger partial charge in [-0.25, -0.2) is 9.78 Å². The van der Waals surface area contributed by atoms with Crippen molar-refractivity contribution < 1.29 is 9.53 Å². The van der Waals surface area contributed by atoms with E-state index in [0.29, 0.717) is 29.6 Å². The molecule has 0 radical (unpaired) electrons. The number of anilines is 1. The Balaban J connectivity index is 1.62. The summed E-state index contributed by atoms with van der Waals surface area (Å²) in [5.41, 5.74) is 4.06. The molecule has 8 heteroatoms. The van der Waals surface area contributed by atoms with Crippen LogP contribution < -0.4 is 4.90 Å². The number of halogens is 2. The van der Waals surface area contributed by atoms with Crippen molar-refractivity contribution in [1.82, 2.24) is 9.97 Å². The fraction of sp³-hybridized carbons (Fsp3) is 0.238. The van der Waals surface area contributed by atoms with E-state index in [1.807, 2.05) is 48.2 Å². The molecular weight excluding hydrogens is 429 g/mol. The number of nitrogens with zero attached hydrogens (tertiary/aromatic N) is 2. The van der Waals surface area contributed by atoms with Gasteiger partial charge in [0.25, 0.3) is 0 Å². The minimum atomic E-state index is -0.448. The average Bonchev–Trinajstić information content (AvgIpc) is 3.27. The number of fused-ring (bicyclic) bond motifs is 4. The topological polar surface area (TPSA) is 58.2 Å². The van der Waals surface area contributed by atoms with Crippen LogP contribution in [0.2, 0.25) is 10.0 Å². The first-order chi connectivity index (χ1) is 14.0. The van der Waals surface area contributed by atoms with E-state index in [1.54, 1.807) is 0 Å². The van der Waals surface area contributed by atoms with Gasteiger partial charge in [0.2, 0.25) is 0 Å². The zero-order chi connectivity index (χ0) is 20.1. The highest BCUT2D eigenvalue weighted by molar-refractivity contribution is 7.22. The number of H-pyrrole nitrogens is 1. The van der Waals surface area contributed by atoms with Gasteiger partial charge in [-0.05, 0) is 48.9 Å². The SMILES string of the molecule is CCOC(=O)C1Cc2c([nH]c3ccc(Cl)cc23)CN1c1nc2ccc(Cl)cc2s1. The standard InChI is InChI=1S/C21H17Cl2N3O2S/c1-2-28-20(27)18-9-14-13-7-11(22)3-5-15(13)24-17(14)10-26(18)21-25-16-6-4-12(23)8-19(16)29-21/h3-8,18,24H,2,9-10H2,1H3. The zero-order valence-corrected chi connectivity index (χ0v) is 17.9. The number of hydrogen-bond acceptors (Lipinski definition) is 5. The fourth-order valence-electron chi connectivity index (χ4n) is 3.89. The minimum absolute atomic E-state index is 0.244. The quantitative estimate of drug-likeness (QED) is 0.418. The fourth-order valence-corrected chi connectivity index (χ4v) is 5.35. The Bertz CT molecular complexity index is 1250. The summed E-state index contributed by atoms with van der Waals surface area (Å²) in [6, 6.07) is 11.0. The molecule has 2 aromatic heterocycles. The van der Waals surface area contributed by atoms with Gasteiger partial charge in [-0.2, -0.15) is 0 Å². The lowest BCUT2D eigenvalue weighted by molar-refractivity contribution is -0.144. The van der Waals surface area contributed by atoms with E-state index < -0.39 is 6.04 Å². The Labute approximate surface area is 181 Å². The number of aromatic amines is 1. The number of hydrogen-bond donors (Lipinski definition) is 1.